The van der Waals surface area contributed by atoms with Crippen LogP contribution in [0.4, 0.5) is 0 Å². The standard InChI is InChI=1S/C22H17N3O3/c26-20-12-15(10-11-25(20)16-6-2-1-3-7-16)13-23-14-19-17-8-4-5-9-18(17)21(27)24-22(19)28/h1-12,14,23H,13H2,(H,24,27,28)/b19-14-. The highest BCUT2D eigenvalue weighted by Crippen LogP contribution is 2.23. The summed E-state index contributed by atoms with van der Waals surface area (Å²) in [7, 11) is 0. The normalized spacial score (nSPS) is 14.5. The maximum absolute atomic E-state index is 12.4. The van der Waals surface area contributed by atoms with Crippen LogP contribution in [0.1, 0.15) is 21.5 Å². The number of imide groups is 1. The predicted molar refractivity (Wildman–Crippen MR) is 106 cm³/mol. The van der Waals surface area contributed by atoms with Crippen molar-refractivity contribution < 1.29 is 9.59 Å². The van der Waals surface area contributed by atoms with E-state index in [0.29, 0.717) is 23.2 Å². The Labute approximate surface area is 161 Å². The number of nitrogens with one attached hydrogen (secondary N) is 2. The third-order valence-corrected chi connectivity index (χ3v) is 4.50. The van der Waals surface area contributed by atoms with Crippen LogP contribution in [0, 0.1) is 0 Å². The largest absolute Gasteiger partial charge is 0.386 e. The first-order valence-electron chi connectivity index (χ1n) is 8.79. The Morgan fingerprint density at radius 2 is 1.57 bits per heavy atom. The molecular weight excluding hydrogens is 354 g/mol. The van der Waals surface area contributed by atoms with Crippen molar-refractivity contribution >= 4 is 17.4 Å². The third kappa shape index (κ3) is 3.35. The topological polar surface area (TPSA) is 80.2 Å². The first-order valence-corrected chi connectivity index (χ1v) is 8.79. The van der Waals surface area contributed by atoms with Gasteiger partial charge in [-0.2, -0.15) is 0 Å². The number of amides is 2. The summed E-state index contributed by atoms with van der Waals surface area (Å²) in [5, 5.41) is 5.39. The minimum atomic E-state index is -0.448. The average Bonchev–Trinajstić information content (AvgIpc) is 2.71. The molecule has 2 N–H and O–H groups in total. The van der Waals surface area contributed by atoms with Crippen LogP contribution in [0.3, 0.4) is 0 Å². The lowest BCUT2D eigenvalue weighted by Gasteiger charge is -2.18. The van der Waals surface area contributed by atoms with E-state index < -0.39 is 11.8 Å². The molecule has 6 heteroatoms. The summed E-state index contributed by atoms with van der Waals surface area (Å²) in [5.41, 5.74) is 2.88. The van der Waals surface area contributed by atoms with Crippen LogP contribution in [0.15, 0.2) is 83.9 Å². The number of hydrogen-bond acceptors (Lipinski definition) is 4. The van der Waals surface area contributed by atoms with Gasteiger partial charge in [0.15, 0.2) is 0 Å². The Bertz CT molecular complexity index is 1150. The summed E-state index contributed by atoms with van der Waals surface area (Å²) in [6, 6.07) is 19.7. The smallest absolute Gasteiger partial charge is 0.260 e. The molecule has 6 nitrogen and oxygen atoms in total. The van der Waals surface area contributed by atoms with Crippen LogP contribution in [-0.4, -0.2) is 16.4 Å². The van der Waals surface area contributed by atoms with Crippen molar-refractivity contribution in [2.24, 2.45) is 0 Å². The van der Waals surface area contributed by atoms with E-state index in [9.17, 15) is 14.4 Å². The fourth-order valence-electron chi connectivity index (χ4n) is 3.12. The highest BCUT2D eigenvalue weighted by Gasteiger charge is 2.26. The molecule has 1 aliphatic rings. The highest BCUT2D eigenvalue weighted by molar-refractivity contribution is 6.30. The monoisotopic (exact) mass is 371 g/mol. The van der Waals surface area contributed by atoms with Crippen LogP contribution >= 0.6 is 0 Å². The second kappa shape index (κ2) is 7.36. The molecule has 0 spiro atoms. The highest BCUT2D eigenvalue weighted by atomic mass is 16.2. The second-order valence-corrected chi connectivity index (χ2v) is 6.35. The molecule has 3 aromatic rings. The number of fused-ring (bicyclic) bond motifs is 1. The molecule has 28 heavy (non-hydrogen) atoms. The van der Waals surface area contributed by atoms with Crippen LogP contribution < -0.4 is 16.2 Å². The summed E-state index contributed by atoms with van der Waals surface area (Å²) in [6.07, 6.45) is 3.30. The molecule has 2 aromatic carbocycles. The zero-order valence-electron chi connectivity index (χ0n) is 14.9. The zero-order chi connectivity index (χ0) is 19.5. The number of hydrogen-bond donors (Lipinski definition) is 2. The van der Waals surface area contributed by atoms with Crippen molar-refractivity contribution in [2.45, 2.75) is 6.54 Å². The molecule has 1 aromatic heterocycles. The van der Waals surface area contributed by atoms with Crippen LogP contribution in [0.25, 0.3) is 11.3 Å². The number of carbonyl (C=O) groups is 2. The minimum Gasteiger partial charge on any atom is -0.386 e. The van der Waals surface area contributed by atoms with E-state index in [2.05, 4.69) is 10.6 Å². The second-order valence-electron chi connectivity index (χ2n) is 6.35. The van der Waals surface area contributed by atoms with Gasteiger partial charge in [0.05, 0.1) is 5.57 Å². The number of para-hydroxylation sites is 1. The lowest BCUT2D eigenvalue weighted by molar-refractivity contribution is -0.114. The van der Waals surface area contributed by atoms with Gasteiger partial charge < -0.3 is 5.32 Å². The molecule has 0 radical (unpaired) electrons. The van der Waals surface area contributed by atoms with E-state index in [1.807, 2.05) is 36.4 Å². The minimum absolute atomic E-state index is 0.135. The first-order chi connectivity index (χ1) is 13.6. The van der Waals surface area contributed by atoms with Gasteiger partial charge in [-0.05, 0) is 29.8 Å². The molecule has 2 amide bonds. The molecule has 1 aliphatic heterocycles. The maximum atomic E-state index is 12.4. The third-order valence-electron chi connectivity index (χ3n) is 4.50. The quantitative estimate of drug-likeness (QED) is 0.545. The summed E-state index contributed by atoms with van der Waals surface area (Å²) < 4.78 is 1.57. The van der Waals surface area contributed by atoms with Crippen molar-refractivity contribution in [2.75, 3.05) is 0 Å². The van der Waals surface area contributed by atoms with Crippen molar-refractivity contribution in [3.63, 3.8) is 0 Å². The van der Waals surface area contributed by atoms with Gasteiger partial charge in [-0.1, -0.05) is 36.4 Å². The van der Waals surface area contributed by atoms with Gasteiger partial charge in [0.2, 0.25) is 0 Å². The summed E-state index contributed by atoms with van der Waals surface area (Å²) >= 11 is 0. The van der Waals surface area contributed by atoms with E-state index in [0.717, 1.165) is 11.3 Å². The fourth-order valence-corrected chi connectivity index (χ4v) is 3.12. The average molecular weight is 371 g/mol. The molecule has 0 unspecified atom stereocenters. The van der Waals surface area contributed by atoms with Crippen molar-refractivity contribution in [1.29, 1.82) is 0 Å². The van der Waals surface area contributed by atoms with E-state index >= 15 is 0 Å². The molecule has 0 saturated carbocycles. The van der Waals surface area contributed by atoms with Crippen LogP contribution in [-0.2, 0) is 11.3 Å². The van der Waals surface area contributed by atoms with Crippen molar-refractivity contribution in [3.05, 3.63) is 106 Å². The number of aromatic nitrogens is 1. The molecule has 0 saturated heterocycles. The Balaban J connectivity index is 1.53. The van der Waals surface area contributed by atoms with Gasteiger partial charge in [-0.15, -0.1) is 0 Å². The number of rotatable bonds is 4. The van der Waals surface area contributed by atoms with Gasteiger partial charge in [-0.25, -0.2) is 0 Å². The molecule has 2 heterocycles. The van der Waals surface area contributed by atoms with E-state index in [-0.39, 0.29) is 5.56 Å². The van der Waals surface area contributed by atoms with Gasteiger partial charge in [0.1, 0.15) is 0 Å². The predicted octanol–water partition coefficient (Wildman–Crippen LogP) is 2.24. The molecule has 0 aliphatic carbocycles. The zero-order valence-corrected chi connectivity index (χ0v) is 14.9. The lowest BCUT2D eigenvalue weighted by atomic mass is 9.96. The van der Waals surface area contributed by atoms with Gasteiger partial charge in [-0.3, -0.25) is 24.3 Å². The Morgan fingerprint density at radius 3 is 2.32 bits per heavy atom. The Hall–Kier alpha value is -3.93. The van der Waals surface area contributed by atoms with Gasteiger partial charge in [0.25, 0.3) is 17.4 Å². The molecule has 0 atom stereocenters. The summed E-state index contributed by atoms with van der Waals surface area (Å²) in [6.45, 7) is 0.373. The molecule has 0 bridgehead atoms. The number of benzene rings is 2. The summed E-state index contributed by atoms with van der Waals surface area (Å²) in [5.74, 6) is -0.849. The van der Waals surface area contributed by atoms with Crippen LogP contribution in [0.5, 0.6) is 0 Å². The molecule has 4 rings (SSSR count). The van der Waals surface area contributed by atoms with Gasteiger partial charge >= 0.3 is 0 Å². The summed E-state index contributed by atoms with van der Waals surface area (Å²) in [4.78, 5) is 36.5. The number of pyridine rings is 1. The molecular formula is C22H17N3O3. The van der Waals surface area contributed by atoms with E-state index in [1.54, 1.807) is 47.3 Å². The van der Waals surface area contributed by atoms with Gasteiger partial charge in [0, 0.05) is 41.8 Å². The SMILES string of the molecule is O=C1NC(=O)c2ccccc2/C1=C/NCc1ccn(-c2ccccc2)c(=O)c1. The van der Waals surface area contributed by atoms with E-state index in [1.165, 1.54) is 0 Å². The Morgan fingerprint density at radius 1 is 0.857 bits per heavy atom. The maximum Gasteiger partial charge on any atom is 0.260 e. The van der Waals surface area contributed by atoms with Crippen molar-refractivity contribution in [3.8, 4) is 5.69 Å². The fraction of sp³-hybridized carbons (Fsp3) is 0.0455. The lowest BCUT2D eigenvalue weighted by Crippen LogP contribution is -2.36. The Kier molecular flexibility index (Phi) is 4.60. The molecule has 0 fully saturated rings. The first kappa shape index (κ1) is 17.5. The number of nitrogens with zero attached hydrogens (tertiary/aromatic N) is 1. The van der Waals surface area contributed by atoms with Crippen molar-refractivity contribution in [1.82, 2.24) is 15.2 Å². The number of carbonyl (C=O) groups excluding carboxylic acids is 2. The van der Waals surface area contributed by atoms with Crippen LogP contribution in [0.2, 0.25) is 0 Å². The molecule has 138 valence electrons. The van der Waals surface area contributed by atoms with E-state index in [4.69, 9.17) is 0 Å².